The number of nitrogens with zero attached hydrogens (tertiary/aromatic N) is 2. The Morgan fingerprint density at radius 3 is 2.25 bits per heavy atom. The van der Waals surface area contributed by atoms with Crippen LogP contribution in [0.1, 0.15) is 35.9 Å². The van der Waals surface area contributed by atoms with Gasteiger partial charge < -0.3 is 14.4 Å². The number of likely N-dealkylation sites (N-methyl/N-ethyl adjacent to an activating group) is 1. The topological polar surface area (TPSA) is 93.2 Å². The van der Waals surface area contributed by atoms with Crippen LogP contribution in [0.4, 0.5) is 0 Å². The van der Waals surface area contributed by atoms with Gasteiger partial charge in [0.2, 0.25) is 16.1 Å². The van der Waals surface area contributed by atoms with E-state index < -0.39 is 28.0 Å². The molecule has 1 heterocycles. The molecule has 2 aromatic carbocycles. The van der Waals surface area contributed by atoms with Crippen LogP contribution in [0, 0.1) is 0 Å². The molecule has 0 aromatic heterocycles. The van der Waals surface area contributed by atoms with Gasteiger partial charge in [0.15, 0.2) is 0 Å². The lowest BCUT2D eigenvalue weighted by Gasteiger charge is -2.34. The van der Waals surface area contributed by atoms with E-state index in [1.54, 1.807) is 44.4 Å². The van der Waals surface area contributed by atoms with Crippen molar-refractivity contribution >= 4 is 21.9 Å². The van der Waals surface area contributed by atoms with Crippen molar-refractivity contribution in [2.75, 3.05) is 27.2 Å². The zero-order valence-electron chi connectivity index (χ0n) is 18.6. The largest absolute Gasteiger partial charge is 0.444 e. The molecule has 1 fully saturated rings. The van der Waals surface area contributed by atoms with Crippen LogP contribution >= 0.6 is 0 Å². The zero-order valence-corrected chi connectivity index (χ0v) is 19.4. The van der Waals surface area contributed by atoms with E-state index in [0.717, 1.165) is 0 Å². The van der Waals surface area contributed by atoms with E-state index in [-0.39, 0.29) is 35.8 Å². The minimum absolute atomic E-state index is 0.0107. The fourth-order valence-corrected chi connectivity index (χ4v) is 5.19. The average Bonchev–Trinajstić information content (AvgIpc) is 2.76. The van der Waals surface area contributed by atoms with Gasteiger partial charge in [0, 0.05) is 32.7 Å². The third-order valence-electron chi connectivity index (χ3n) is 5.09. The van der Waals surface area contributed by atoms with E-state index in [9.17, 15) is 18.0 Å². The second-order valence-electron chi connectivity index (χ2n) is 8.04. The number of rotatable bonds is 6. The van der Waals surface area contributed by atoms with Crippen LogP contribution in [0.5, 0.6) is 0 Å². The van der Waals surface area contributed by atoms with E-state index in [2.05, 4.69) is 0 Å². The van der Waals surface area contributed by atoms with E-state index in [1.165, 1.54) is 33.5 Å². The van der Waals surface area contributed by atoms with E-state index >= 15 is 0 Å². The van der Waals surface area contributed by atoms with Crippen LogP contribution in [-0.4, -0.2) is 68.9 Å². The lowest BCUT2D eigenvalue weighted by atomic mass is 10.1. The number of hydrogen-bond acceptors (Lipinski definition) is 6. The van der Waals surface area contributed by atoms with Gasteiger partial charge in [0.1, 0.15) is 0 Å². The maximum absolute atomic E-state index is 13.2. The molecule has 9 heteroatoms. The molecule has 0 aliphatic carbocycles. The van der Waals surface area contributed by atoms with Gasteiger partial charge in [-0.15, -0.1) is 0 Å². The average molecular weight is 461 g/mol. The van der Waals surface area contributed by atoms with E-state index in [1.807, 2.05) is 13.8 Å². The van der Waals surface area contributed by atoms with Gasteiger partial charge in [-0.3, -0.25) is 4.79 Å². The molecule has 32 heavy (non-hydrogen) atoms. The molecular formula is C23H28N2O6S. The highest BCUT2D eigenvalue weighted by Crippen LogP contribution is 2.24. The maximum atomic E-state index is 13.2. The summed E-state index contributed by atoms with van der Waals surface area (Å²) in [5.41, 5.74) is 0.576. The quantitative estimate of drug-likeness (QED) is 0.615. The van der Waals surface area contributed by atoms with E-state index in [4.69, 9.17) is 9.47 Å². The molecule has 172 valence electrons. The summed E-state index contributed by atoms with van der Waals surface area (Å²) in [6.07, 6.45) is -1.60. The molecule has 0 N–H and O–H groups in total. The van der Waals surface area contributed by atoms with Crippen molar-refractivity contribution in [3.63, 3.8) is 0 Å². The van der Waals surface area contributed by atoms with Gasteiger partial charge in [0.05, 0.1) is 22.7 Å². The number of carbonyl (C=O) groups is 2. The molecule has 0 saturated carbocycles. The molecule has 0 spiro atoms. The van der Waals surface area contributed by atoms with Crippen LogP contribution in [0.15, 0.2) is 59.5 Å². The Labute approximate surface area is 188 Å². The summed E-state index contributed by atoms with van der Waals surface area (Å²) in [5, 5.41) is 0. The van der Waals surface area contributed by atoms with Crippen molar-refractivity contribution in [3.8, 4) is 0 Å². The van der Waals surface area contributed by atoms with Gasteiger partial charge in [-0.05, 0) is 32.0 Å². The minimum atomic E-state index is -3.82. The van der Waals surface area contributed by atoms with Crippen LogP contribution in [0.2, 0.25) is 0 Å². The summed E-state index contributed by atoms with van der Waals surface area (Å²) < 4.78 is 38.8. The Morgan fingerprint density at radius 1 is 1.03 bits per heavy atom. The third kappa shape index (κ3) is 5.35. The summed E-state index contributed by atoms with van der Waals surface area (Å²) in [6.45, 7) is 4.10. The summed E-state index contributed by atoms with van der Waals surface area (Å²) >= 11 is 0. The molecule has 2 aromatic rings. The summed E-state index contributed by atoms with van der Waals surface area (Å²) in [5.74, 6) is -1.18. The highest BCUT2D eigenvalue weighted by molar-refractivity contribution is 7.89. The number of ether oxygens (including phenoxy) is 2. The van der Waals surface area contributed by atoms with Crippen molar-refractivity contribution in [2.45, 2.75) is 37.1 Å². The highest BCUT2D eigenvalue weighted by atomic mass is 32.2. The first-order valence-electron chi connectivity index (χ1n) is 10.3. The monoisotopic (exact) mass is 460 g/mol. The van der Waals surface area contributed by atoms with Crippen molar-refractivity contribution in [1.82, 2.24) is 9.21 Å². The molecule has 3 atom stereocenters. The Balaban J connectivity index is 1.86. The number of benzene rings is 2. The lowest BCUT2D eigenvalue weighted by Crippen LogP contribution is -2.48. The normalized spacial score (nSPS) is 20.4. The predicted octanol–water partition coefficient (Wildman–Crippen LogP) is 2.47. The Kier molecular flexibility index (Phi) is 7.33. The van der Waals surface area contributed by atoms with Crippen molar-refractivity contribution in [1.29, 1.82) is 0 Å². The van der Waals surface area contributed by atoms with Crippen LogP contribution < -0.4 is 0 Å². The number of amides is 1. The number of carbonyl (C=O) groups excluding carboxylic acids is 2. The molecule has 3 unspecified atom stereocenters. The summed E-state index contributed by atoms with van der Waals surface area (Å²) in [7, 11) is -0.678. The van der Waals surface area contributed by atoms with Gasteiger partial charge in [-0.25, -0.2) is 13.2 Å². The summed E-state index contributed by atoms with van der Waals surface area (Å²) in [6, 6.07) is 14.4. The van der Waals surface area contributed by atoms with Crippen LogP contribution in [0.3, 0.4) is 0 Å². The first-order chi connectivity index (χ1) is 15.1. The zero-order chi connectivity index (χ0) is 23.5. The van der Waals surface area contributed by atoms with Crippen molar-refractivity contribution in [3.05, 3.63) is 65.7 Å². The van der Waals surface area contributed by atoms with Gasteiger partial charge in [0.25, 0.3) is 5.91 Å². The third-order valence-corrected chi connectivity index (χ3v) is 6.91. The van der Waals surface area contributed by atoms with Crippen LogP contribution in [-0.2, 0) is 24.3 Å². The van der Waals surface area contributed by atoms with Gasteiger partial charge >= 0.3 is 5.97 Å². The standard InChI is InChI=1S/C23H28N2O6S/c1-16-14-25(15-17(2)30-16)32(28,29)20-12-8-11-19(13-20)23(27)31-21(22(26)24(3)4)18-9-6-5-7-10-18/h5-13,16-17,21H,14-15H2,1-4H3. The van der Waals surface area contributed by atoms with Crippen LogP contribution in [0.25, 0.3) is 0 Å². The predicted molar refractivity (Wildman–Crippen MR) is 119 cm³/mol. The molecule has 0 radical (unpaired) electrons. The fraction of sp³-hybridized carbons (Fsp3) is 0.391. The Hall–Kier alpha value is -2.75. The maximum Gasteiger partial charge on any atom is 0.339 e. The number of morpholine rings is 1. The Morgan fingerprint density at radius 2 is 1.66 bits per heavy atom. The minimum Gasteiger partial charge on any atom is -0.444 e. The molecule has 8 nitrogen and oxygen atoms in total. The first-order valence-corrected chi connectivity index (χ1v) is 11.8. The first kappa shape index (κ1) is 23.9. The highest BCUT2D eigenvalue weighted by Gasteiger charge is 2.33. The molecule has 1 aliphatic heterocycles. The van der Waals surface area contributed by atoms with E-state index in [0.29, 0.717) is 5.56 Å². The van der Waals surface area contributed by atoms with Crippen molar-refractivity contribution in [2.24, 2.45) is 0 Å². The van der Waals surface area contributed by atoms with Gasteiger partial charge in [-0.1, -0.05) is 36.4 Å². The number of hydrogen-bond donors (Lipinski definition) is 0. The molecule has 0 bridgehead atoms. The Bertz CT molecular complexity index is 1060. The molecule has 3 rings (SSSR count). The SMILES string of the molecule is CC1CN(S(=O)(=O)c2cccc(C(=O)OC(C(=O)N(C)C)c3ccccc3)c2)CC(C)O1. The molecule has 1 aliphatic rings. The summed E-state index contributed by atoms with van der Waals surface area (Å²) in [4.78, 5) is 26.9. The molecular weight excluding hydrogens is 432 g/mol. The smallest absolute Gasteiger partial charge is 0.339 e. The number of esters is 1. The molecule has 1 saturated heterocycles. The van der Waals surface area contributed by atoms with Gasteiger partial charge in [-0.2, -0.15) is 4.31 Å². The second kappa shape index (κ2) is 9.81. The molecule has 1 amide bonds. The number of sulfonamides is 1. The lowest BCUT2D eigenvalue weighted by molar-refractivity contribution is -0.138. The fourth-order valence-electron chi connectivity index (χ4n) is 3.56. The second-order valence-corrected chi connectivity index (χ2v) is 9.97. The van der Waals surface area contributed by atoms with Crippen molar-refractivity contribution < 1.29 is 27.5 Å².